The average molecular weight is 984 g/mol. The summed E-state index contributed by atoms with van der Waals surface area (Å²) in [6.45, 7) is 7.82. The van der Waals surface area contributed by atoms with Crippen molar-refractivity contribution in [3.8, 4) is 34.8 Å². The zero-order chi connectivity index (χ0) is 39.6. The number of benzene rings is 3. The van der Waals surface area contributed by atoms with Gasteiger partial charge >= 0.3 is 0 Å². The largest absolute Gasteiger partial charge is 0.455 e. The van der Waals surface area contributed by atoms with Crippen molar-refractivity contribution in [1.82, 2.24) is 29.9 Å². The second kappa shape index (κ2) is 19.6. The highest BCUT2D eigenvalue weighted by atomic mass is 127. The molecule has 0 saturated heterocycles. The molecule has 0 spiro atoms. The maximum atomic E-state index is 6.26. The number of nitrogens with zero attached hydrogens (tertiary/aromatic N) is 6. The van der Waals surface area contributed by atoms with Crippen LogP contribution in [0.2, 0.25) is 0 Å². The van der Waals surface area contributed by atoms with E-state index < -0.39 is 0 Å². The molecule has 57 heavy (non-hydrogen) atoms. The van der Waals surface area contributed by atoms with E-state index in [0.29, 0.717) is 49.6 Å². The maximum absolute atomic E-state index is 6.26. The Morgan fingerprint density at radius 2 is 1.12 bits per heavy atom. The van der Waals surface area contributed by atoms with Crippen LogP contribution in [0, 0.1) is 43.2 Å². The molecule has 0 unspecified atom stereocenters. The fourth-order valence-electron chi connectivity index (χ4n) is 5.06. The van der Waals surface area contributed by atoms with E-state index in [0.717, 1.165) is 51.0 Å². The first-order chi connectivity index (χ1) is 27.0. The van der Waals surface area contributed by atoms with Crippen LogP contribution in [0.5, 0.6) is 23.0 Å². The van der Waals surface area contributed by atoms with Crippen LogP contribution in [-0.2, 0) is 0 Å². The van der Waals surface area contributed by atoms with Gasteiger partial charge in [-0.3, -0.25) is 9.97 Å². The Labute approximate surface area is 361 Å². The van der Waals surface area contributed by atoms with Gasteiger partial charge in [0.25, 0.3) is 0 Å². The zero-order valence-corrected chi connectivity index (χ0v) is 35.9. The molecule has 3 aromatic carbocycles. The first-order valence-corrected chi connectivity index (χ1v) is 18.3. The number of aromatic nitrogens is 6. The van der Waals surface area contributed by atoms with E-state index in [2.05, 4.69) is 75.0 Å². The number of ether oxygens (including phenoxy) is 2. The lowest BCUT2D eigenvalue weighted by Gasteiger charge is -2.12. The van der Waals surface area contributed by atoms with Crippen LogP contribution in [0.4, 0.5) is 40.1 Å². The first kappa shape index (κ1) is 41.9. The molecule has 7 rings (SSSR count). The average Bonchev–Trinajstić information content (AvgIpc) is 3.18. The Hall–Kier alpha value is -6.26. The number of nitrogens with one attached hydrogen (secondary N) is 2. The van der Waals surface area contributed by atoms with Gasteiger partial charge in [-0.05, 0) is 146 Å². The van der Waals surface area contributed by atoms with E-state index in [1.807, 2.05) is 107 Å². The molecule has 15 heteroatoms. The lowest BCUT2D eigenvalue weighted by atomic mass is 10.2. The van der Waals surface area contributed by atoms with E-state index in [9.17, 15) is 0 Å². The van der Waals surface area contributed by atoms with Crippen LogP contribution in [0.25, 0.3) is 0 Å². The SMILES string of the molecule is Cc1ccc(Oc2ccc(Nc3ncnc(C#Cc4cccc(N)c4)c3N)cc2C)cn1.Cc1ccc(Oc2ccc(Nc3ncnc(I)c3N)cc2C)cn1.I. The second-order valence-corrected chi connectivity index (χ2v) is 13.5. The Kier molecular flexibility index (Phi) is 14.4. The van der Waals surface area contributed by atoms with Gasteiger partial charge in [0.15, 0.2) is 11.6 Å². The standard InChI is InChI=1S/C25H22N6O.C17H16IN5O.HI/c1-16-12-20(8-11-23(16)32-21-9-6-17(2)28-14-21)31-25-24(27)22(29-15-30-25)10-7-18-4-3-5-19(26)13-18;1-10-7-12(23-17-15(19)16(18)21-9-22-17)4-6-14(10)24-13-5-3-11(2)20-8-13;/h3-6,8-9,11-15H,26-27H2,1-2H3,(H,29,30,31);3-9H,19H2,1-2H3,(H,21,22,23);1H. The Bertz CT molecular complexity index is 2540. The maximum Gasteiger partial charge on any atom is 0.158 e. The zero-order valence-electron chi connectivity index (χ0n) is 31.4. The summed E-state index contributed by atoms with van der Waals surface area (Å²) in [5.41, 5.74) is 26.3. The molecule has 4 heterocycles. The minimum Gasteiger partial charge on any atom is -0.455 e. The van der Waals surface area contributed by atoms with Gasteiger partial charge in [-0.15, -0.1) is 24.0 Å². The topological polar surface area (TPSA) is 198 Å². The molecule has 4 aromatic heterocycles. The van der Waals surface area contributed by atoms with Gasteiger partial charge in [0, 0.05) is 34.0 Å². The molecule has 0 aliphatic rings. The summed E-state index contributed by atoms with van der Waals surface area (Å²) in [4.78, 5) is 25.2. The molecule has 0 amide bonds. The predicted molar refractivity (Wildman–Crippen MR) is 245 cm³/mol. The van der Waals surface area contributed by atoms with Crippen molar-refractivity contribution in [2.24, 2.45) is 0 Å². The molecule has 8 N–H and O–H groups in total. The minimum atomic E-state index is 0. The van der Waals surface area contributed by atoms with Crippen molar-refractivity contribution in [1.29, 1.82) is 0 Å². The summed E-state index contributed by atoms with van der Waals surface area (Å²) in [5.74, 6) is 9.99. The van der Waals surface area contributed by atoms with Crippen molar-refractivity contribution in [2.75, 3.05) is 27.8 Å². The van der Waals surface area contributed by atoms with E-state index in [1.165, 1.54) is 12.7 Å². The molecular formula is C42H39I2N11O2. The molecule has 0 fully saturated rings. The first-order valence-electron chi connectivity index (χ1n) is 17.2. The van der Waals surface area contributed by atoms with Gasteiger partial charge < -0.3 is 37.3 Å². The molecule has 0 aliphatic heterocycles. The number of hydrogen-bond acceptors (Lipinski definition) is 13. The molecule has 0 aliphatic carbocycles. The Balaban J connectivity index is 0.000000222. The van der Waals surface area contributed by atoms with Crippen molar-refractivity contribution >= 4 is 86.6 Å². The summed E-state index contributed by atoms with van der Waals surface area (Å²) < 4.78 is 12.5. The lowest BCUT2D eigenvalue weighted by Crippen LogP contribution is -2.03. The summed E-state index contributed by atoms with van der Waals surface area (Å²) in [5, 5.41) is 6.43. The predicted octanol–water partition coefficient (Wildman–Crippen LogP) is 9.42. The third kappa shape index (κ3) is 11.6. The monoisotopic (exact) mass is 983 g/mol. The smallest absolute Gasteiger partial charge is 0.158 e. The number of nitrogens with two attached hydrogens (primary N) is 3. The normalized spacial score (nSPS) is 10.1. The summed E-state index contributed by atoms with van der Waals surface area (Å²) in [6, 6.07) is 26.5. The molecular weight excluding hydrogens is 944 g/mol. The Morgan fingerprint density at radius 3 is 1.63 bits per heavy atom. The van der Waals surface area contributed by atoms with E-state index in [4.69, 9.17) is 26.7 Å². The number of nitrogen functional groups attached to an aromatic ring is 3. The van der Waals surface area contributed by atoms with Crippen molar-refractivity contribution in [2.45, 2.75) is 27.7 Å². The third-order valence-electron chi connectivity index (χ3n) is 8.03. The van der Waals surface area contributed by atoms with Crippen LogP contribution in [-0.4, -0.2) is 29.9 Å². The Morgan fingerprint density at radius 1 is 0.579 bits per heavy atom. The van der Waals surface area contributed by atoms with Crippen molar-refractivity contribution < 1.29 is 9.47 Å². The summed E-state index contributed by atoms with van der Waals surface area (Å²) in [6.07, 6.45) is 6.32. The molecule has 7 aromatic rings. The molecule has 0 saturated carbocycles. The highest BCUT2D eigenvalue weighted by Gasteiger charge is 2.10. The van der Waals surface area contributed by atoms with E-state index in [1.54, 1.807) is 18.5 Å². The molecule has 13 nitrogen and oxygen atoms in total. The number of anilines is 7. The van der Waals surface area contributed by atoms with Crippen molar-refractivity contribution in [3.63, 3.8) is 0 Å². The van der Waals surface area contributed by atoms with Gasteiger partial charge in [-0.25, -0.2) is 19.9 Å². The van der Waals surface area contributed by atoms with Gasteiger partial charge in [0.2, 0.25) is 0 Å². The molecule has 0 radical (unpaired) electrons. The van der Waals surface area contributed by atoms with Gasteiger partial charge in [0.05, 0.1) is 12.4 Å². The summed E-state index contributed by atoms with van der Waals surface area (Å²) in [7, 11) is 0. The van der Waals surface area contributed by atoms with Crippen LogP contribution < -0.4 is 37.3 Å². The third-order valence-corrected chi connectivity index (χ3v) is 8.89. The van der Waals surface area contributed by atoms with Gasteiger partial charge in [-0.1, -0.05) is 12.0 Å². The quantitative estimate of drug-likeness (QED) is 0.0418. The number of hydrogen-bond donors (Lipinski definition) is 5. The fraction of sp³-hybridized carbons (Fsp3) is 0.0952. The molecule has 0 atom stereocenters. The number of aryl methyl sites for hydroxylation is 4. The van der Waals surface area contributed by atoms with Gasteiger partial charge in [0.1, 0.15) is 56.4 Å². The number of pyridine rings is 2. The van der Waals surface area contributed by atoms with Crippen LogP contribution in [0.15, 0.2) is 110 Å². The summed E-state index contributed by atoms with van der Waals surface area (Å²) >= 11 is 2.08. The second-order valence-electron chi connectivity index (χ2n) is 12.5. The van der Waals surface area contributed by atoms with Crippen LogP contribution >= 0.6 is 46.6 Å². The van der Waals surface area contributed by atoms with E-state index in [-0.39, 0.29) is 24.0 Å². The molecule has 288 valence electrons. The minimum absolute atomic E-state index is 0. The fourth-order valence-corrected chi connectivity index (χ4v) is 5.44. The number of rotatable bonds is 8. The highest BCUT2D eigenvalue weighted by molar-refractivity contribution is 14.1. The van der Waals surface area contributed by atoms with Gasteiger partial charge in [-0.2, -0.15) is 0 Å². The van der Waals surface area contributed by atoms with Crippen LogP contribution in [0.1, 0.15) is 33.8 Å². The highest BCUT2D eigenvalue weighted by Crippen LogP contribution is 2.31. The lowest BCUT2D eigenvalue weighted by molar-refractivity contribution is 0.476. The van der Waals surface area contributed by atoms with E-state index >= 15 is 0 Å². The number of halogens is 2. The van der Waals surface area contributed by atoms with Crippen molar-refractivity contribution in [3.05, 3.63) is 147 Å². The molecule has 0 bridgehead atoms. The van der Waals surface area contributed by atoms with Crippen LogP contribution in [0.3, 0.4) is 0 Å².